The van der Waals surface area contributed by atoms with Crippen LogP contribution in [0, 0.1) is 0 Å². The van der Waals surface area contributed by atoms with Crippen LogP contribution >= 0.6 is 0 Å². The molecule has 0 amide bonds. The summed E-state index contributed by atoms with van der Waals surface area (Å²) in [6.45, 7) is 0. The summed E-state index contributed by atoms with van der Waals surface area (Å²) in [5.74, 6) is -4.12. The molecule has 0 aromatic heterocycles. The Morgan fingerprint density at radius 3 is 1.23 bits per heavy atom. The van der Waals surface area contributed by atoms with E-state index in [4.69, 9.17) is 13.3 Å². The van der Waals surface area contributed by atoms with E-state index in [-0.39, 0.29) is 23.9 Å². The van der Waals surface area contributed by atoms with Gasteiger partial charge in [-0.2, -0.15) is 0 Å². The summed E-state index contributed by atoms with van der Waals surface area (Å²) in [5.41, 5.74) is 0. The van der Waals surface area contributed by atoms with Gasteiger partial charge in [-0.15, -0.1) is 0 Å². The fourth-order valence-electron chi connectivity index (χ4n) is 0.258. The Kier molecular flexibility index (Phi) is 15.1. The summed E-state index contributed by atoms with van der Waals surface area (Å²) < 4.78 is 8.34. The molecule has 13 heavy (non-hydrogen) atoms. The first-order valence-electron chi connectivity index (χ1n) is 2.45. The first-order chi connectivity index (χ1) is 5.46. The number of aliphatic carboxylic acids is 2. The zero-order valence-electron chi connectivity index (χ0n) is 6.09. The van der Waals surface area contributed by atoms with Crippen LogP contribution in [0.25, 0.3) is 0 Å². The zero-order chi connectivity index (χ0) is 10.3. The number of carbonyl (C=O) groups is 2. The Labute approximate surface area is 103 Å². The maximum absolute atomic E-state index is 9.63. The molecule has 0 saturated heterocycles. The number of carboxylic acid groups (broad SMARTS) is 2. The molecule has 2 unspecified atom stereocenters. The largest absolute Gasteiger partial charge is 2.00 e. The Hall–Kier alpha value is 0.257. The van der Waals surface area contributed by atoms with Crippen LogP contribution in [-0.4, -0.2) is 80.8 Å². The predicted octanol–water partition coefficient (Wildman–Crippen LogP) is -5.67. The normalized spacial score (nSPS) is 12.5. The molecule has 4 radical (unpaired) electrons. The average molecular weight is 401 g/mol. The summed E-state index contributed by atoms with van der Waals surface area (Å²) in [7, 11) is 0. The van der Waals surface area contributed by atoms with Crippen LogP contribution in [-0.2, 0) is 12.7 Å². The molecule has 0 aliphatic rings. The van der Waals surface area contributed by atoms with Crippen LogP contribution < -0.4 is 10.2 Å². The Bertz CT molecular complexity index is 154. The molecule has 0 heterocycles. The number of hydrogen-bond donors (Lipinski definition) is 2. The van der Waals surface area contributed by atoms with Gasteiger partial charge in [-0.25, -0.2) is 0 Å². The van der Waals surface area contributed by atoms with E-state index >= 15 is 0 Å². The van der Waals surface area contributed by atoms with Gasteiger partial charge in [-0.1, -0.05) is 0 Å². The molecule has 0 aliphatic carbocycles. The molecule has 2 N–H and O–H groups in total. The minimum atomic E-state index is -2.44. The van der Waals surface area contributed by atoms with Gasteiger partial charge in [0, 0.05) is 0 Å². The molecule has 0 aliphatic heterocycles. The van der Waals surface area contributed by atoms with E-state index in [2.05, 4.69) is 0 Å². The third-order valence-electron chi connectivity index (χ3n) is 0.782. The first kappa shape index (κ1) is 18.9. The summed E-state index contributed by atoms with van der Waals surface area (Å²) in [6.07, 6.45) is -4.88. The van der Waals surface area contributed by atoms with Gasteiger partial charge >= 0.3 is 49.5 Å². The van der Waals surface area contributed by atoms with Crippen molar-refractivity contribution in [3.8, 4) is 0 Å². The van der Waals surface area contributed by atoms with Gasteiger partial charge in [-0.3, -0.25) is 0 Å². The molecule has 9 heteroatoms. The Balaban J connectivity index is -0.000000309. The van der Waals surface area contributed by atoms with Gasteiger partial charge in [0.25, 0.3) is 0 Å². The van der Waals surface area contributed by atoms with E-state index in [1.54, 1.807) is 0 Å². The number of hydrogen-bond acceptors (Lipinski definition) is 7. The van der Waals surface area contributed by atoms with E-state index in [1.165, 1.54) is 0 Å². The molecule has 0 fully saturated rings. The number of carboxylic acids is 2. The number of rotatable bonds is 3. The van der Waals surface area contributed by atoms with Crippen molar-refractivity contribution < 1.29 is 33.1 Å². The van der Waals surface area contributed by atoms with Crippen molar-refractivity contribution in [1.29, 1.82) is 0 Å². The number of aliphatic hydroxyl groups is 2. The first-order valence-corrected chi connectivity index (χ1v) is 3.61. The van der Waals surface area contributed by atoms with Gasteiger partial charge in [0.15, 0.2) is 0 Å². The van der Waals surface area contributed by atoms with Gasteiger partial charge in [0.2, 0.25) is 0 Å². The topological polar surface area (TPSA) is 138 Å². The SMILES string of the molecule is O=C([O-])C(O)C(O)C(=O)[O-].[O]=[Sn].[Sn+2]. The summed E-state index contributed by atoms with van der Waals surface area (Å²) in [4.78, 5) is 19.3. The van der Waals surface area contributed by atoms with Crippen molar-refractivity contribution in [2.24, 2.45) is 0 Å². The second kappa shape index (κ2) is 10.3. The monoisotopic (exact) mass is 404 g/mol. The van der Waals surface area contributed by atoms with Crippen LogP contribution in [0.4, 0.5) is 0 Å². The zero-order valence-corrected chi connectivity index (χ0v) is 11.8. The summed E-state index contributed by atoms with van der Waals surface area (Å²) >= 11 is 0.300. The van der Waals surface area contributed by atoms with Gasteiger partial charge in [0.05, 0.1) is 11.9 Å². The molecule has 0 bridgehead atoms. The third-order valence-corrected chi connectivity index (χ3v) is 0.782. The molecule has 0 saturated carbocycles. The van der Waals surface area contributed by atoms with Crippen molar-refractivity contribution in [2.45, 2.75) is 12.2 Å². The molecule has 0 rings (SSSR count). The third kappa shape index (κ3) is 8.58. The quantitative estimate of drug-likeness (QED) is 0.450. The van der Waals surface area contributed by atoms with Crippen LogP contribution in [0.2, 0.25) is 0 Å². The van der Waals surface area contributed by atoms with E-state index in [0.717, 1.165) is 0 Å². The minimum absolute atomic E-state index is 0. The molecule has 70 valence electrons. The van der Waals surface area contributed by atoms with Crippen LogP contribution in [0.15, 0.2) is 0 Å². The Morgan fingerprint density at radius 2 is 1.15 bits per heavy atom. The standard InChI is InChI=1S/C4H6O6.O.2Sn/c5-1(3(7)8)2(6)4(9)10;;;/h1-2,5-6H,(H,7,8)(H,9,10);;;/q;;;+2/p-2. The van der Waals surface area contributed by atoms with Crippen molar-refractivity contribution in [3.63, 3.8) is 0 Å². The maximum atomic E-state index is 9.63. The summed E-state index contributed by atoms with van der Waals surface area (Å²) in [6, 6.07) is 0. The fraction of sp³-hybridized carbons (Fsp3) is 0.500. The fourth-order valence-corrected chi connectivity index (χ4v) is 0.258. The maximum Gasteiger partial charge on any atom is 2.00 e. The van der Waals surface area contributed by atoms with Crippen molar-refractivity contribution in [1.82, 2.24) is 0 Å². The van der Waals surface area contributed by atoms with Gasteiger partial charge in [0.1, 0.15) is 12.2 Å². The minimum Gasteiger partial charge on any atom is 2.00 e. The average Bonchev–Trinajstić information content (AvgIpc) is 2.05. The smallest absolute Gasteiger partial charge is 2.00 e. The van der Waals surface area contributed by atoms with Crippen LogP contribution in [0.5, 0.6) is 0 Å². The van der Waals surface area contributed by atoms with Crippen molar-refractivity contribution in [3.05, 3.63) is 0 Å². The van der Waals surface area contributed by atoms with E-state index in [9.17, 15) is 19.8 Å². The van der Waals surface area contributed by atoms with Crippen LogP contribution in [0.3, 0.4) is 0 Å². The Morgan fingerprint density at radius 1 is 1.00 bits per heavy atom. The molecule has 0 spiro atoms. The van der Waals surface area contributed by atoms with Crippen molar-refractivity contribution in [2.75, 3.05) is 0 Å². The van der Waals surface area contributed by atoms with E-state index < -0.39 is 24.1 Å². The number of aliphatic hydroxyl groups excluding tert-OH is 2. The molecular formula is C4H4O7Sn2. The molecular weight excluding hydrogens is 397 g/mol. The molecule has 2 atom stereocenters. The summed E-state index contributed by atoms with van der Waals surface area (Å²) in [5, 5.41) is 35.7. The van der Waals surface area contributed by atoms with E-state index in [0.29, 0.717) is 22.5 Å². The second-order valence-corrected chi connectivity index (χ2v) is 1.53. The van der Waals surface area contributed by atoms with Crippen molar-refractivity contribution >= 4 is 58.4 Å². The molecule has 0 aromatic rings. The van der Waals surface area contributed by atoms with Gasteiger partial charge in [-0.05, 0) is 0 Å². The second-order valence-electron chi connectivity index (χ2n) is 1.53. The predicted molar refractivity (Wildman–Crippen MR) is 34.2 cm³/mol. The van der Waals surface area contributed by atoms with Gasteiger partial charge < -0.3 is 30.0 Å². The molecule has 0 aromatic carbocycles. The molecule has 7 nitrogen and oxygen atoms in total. The number of carbonyl (C=O) groups excluding carboxylic acids is 2. The van der Waals surface area contributed by atoms with E-state index in [1.807, 2.05) is 0 Å². The van der Waals surface area contributed by atoms with Crippen LogP contribution in [0.1, 0.15) is 0 Å².